The smallest absolute Gasteiger partial charge is 0.101 e. The number of nitrogens with zero attached hydrogens (tertiary/aromatic N) is 1. The summed E-state index contributed by atoms with van der Waals surface area (Å²) in [5.74, 6) is 0. The van der Waals surface area contributed by atoms with Crippen molar-refractivity contribution < 1.29 is 0 Å². The molecule has 0 saturated heterocycles. The third kappa shape index (κ3) is 3.14. The molecule has 0 bridgehead atoms. The highest BCUT2D eigenvalue weighted by atomic mass is 79.9. The first-order valence-electron chi connectivity index (χ1n) is 5.31. The Kier molecular flexibility index (Phi) is 4.44. The molecule has 1 atom stereocenters. The van der Waals surface area contributed by atoms with Crippen LogP contribution in [0, 0.1) is 11.3 Å². The minimum atomic E-state index is 0.176. The molecule has 0 fully saturated rings. The minimum Gasteiger partial charge on any atom is -0.377 e. The van der Waals surface area contributed by atoms with Gasteiger partial charge in [0.05, 0.1) is 21.1 Å². The van der Waals surface area contributed by atoms with Crippen molar-refractivity contribution in [2.45, 2.75) is 13.0 Å². The van der Waals surface area contributed by atoms with Crippen molar-refractivity contribution in [2.24, 2.45) is 0 Å². The average molecular weight is 386 g/mol. The summed E-state index contributed by atoms with van der Waals surface area (Å²) in [5, 5.41) is 12.5. The fourth-order valence-corrected chi connectivity index (χ4v) is 3.39. The van der Waals surface area contributed by atoms with E-state index in [1.807, 2.05) is 24.3 Å². The van der Waals surface area contributed by atoms with Crippen LogP contribution in [0.2, 0.25) is 0 Å². The zero-order valence-electron chi connectivity index (χ0n) is 9.58. The van der Waals surface area contributed by atoms with Gasteiger partial charge in [-0.25, -0.2) is 0 Å². The Morgan fingerprint density at radius 1 is 1.28 bits per heavy atom. The molecule has 0 aliphatic heterocycles. The van der Waals surface area contributed by atoms with Gasteiger partial charge < -0.3 is 5.32 Å². The predicted molar refractivity (Wildman–Crippen MR) is 82.9 cm³/mol. The molecule has 2 aromatic rings. The Morgan fingerprint density at radius 2 is 2.06 bits per heavy atom. The van der Waals surface area contributed by atoms with Gasteiger partial charge in [0, 0.05) is 9.35 Å². The molecular formula is C13H10Br2N2S. The molecule has 1 N–H and O–H groups in total. The van der Waals surface area contributed by atoms with Gasteiger partial charge in [-0.05, 0) is 53.2 Å². The van der Waals surface area contributed by atoms with Crippen molar-refractivity contribution in [2.75, 3.05) is 5.32 Å². The predicted octanol–water partition coefficient (Wildman–Crippen LogP) is 5.32. The van der Waals surface area contributed by atoms with Gasteiger partial charge in [-0.1, -0.05) is 15.9 Å². The number of thiophene rings is 1. The van der Waals surface area contributed by atoms with E-state index in [2.05, 4.69) is 56.2 Å². The fraction of sp³-hybridized carbons (Fsp3) is 0.154. The van der Waals surface area contributed by atoms with Crippen LogP contribution >= 0.6 is 43.2 Å². The van der Waals surface area contributed by atoms with E-state index in [0.29, 0.717) is 5.56 Å². The molecule has 0 aliphatic rings. The molecule has 0 amide bonds. The lowest BCUT2D eigenvalue weighted by Gasteiger charge is -2.15. The Hall–Kier alpha value is -0.830. The maximum absolute atomic E-state index is 9.11. The maximum atomic E-state index is 9.11. The van der Waals surface area contributed by atoms with Crippen LogP contribution in [-0.2, 0) is 0 Å². The molecule has 5 heteroatoms. The number of hydrogen-bond donors (Lipinski definition) is 1. The van der Waals surface area contributed by atoms with E-state index in [1.165, 1.54) is 4.88 Å². The Labute approximate surface area is 127 Å². The van der Waals surface area contributed by atoms with Gasteiger partial charge in [-0.15, -0.1) is 11.3 Å². The van der Waals surface area contributed by atoms with E-state index in [9.17, 15) is 0 Å². The number of anilines is 1. The molecule has 18 heavy (non-hydrogen) atoms. The van der Waals surface area contributed by atoms with Gasteiger partial charge in [0.15, 0.2) is 0 Å². The minimum absolute atomic E-state index is 0.176. The second kappa shape index (κ2) is 5.87. The van der Waals surface area contributed by atoms with Gasteiger partial charge in [-0.3, -0.25) is 0 Å². The number of nitrogens with one attached hydrogen (secondary N) is 1. The monoisotopic (exact) mass is 384 g/mol. The van der Waals surface area contributed by atoms with Crippen LogP contribution in [0.3, 0.4) is 0 Å². The van der Waals surface area contributed by atoms with Gasteiger partial charge >= 0.3 is 0 Å². The standard InChI is InChI=1S/C13H10Br2N2S/c1-8(12-4-5-13(15)18-12)17-11-3-2-10(14)6-9(11)7-16/h2-6,8,17H,1H3. The van der Waals surface area contributed by atoms with Crippen LogP contribution in [0.15, 0.2) is 38.6 Å². The number of hydrogen-bond acceptors (Lipinski definition) is 3. The van der Waals surface area contributed by atoms with Crippen LogP contribution in [0.5, 0.6) is 0 Å². The molecule has 1 unspecified atom stereocenters. The van der Waals surface area contributed by atoms with Crippen LogP contribution in [0.25, 0.3) is 0 Å². The molecule has 2 rings (SSSR count). The van der Waals surface area contributed by atoms with Gasteiger partial charge in [0.2, 0.25) is 0 Å². The molecule has 2 nitrogen and oxygen atoms in total. The zero-order valence-corrected chi connectivity index (χ0v) is 13.6. The first-order valence-corrected chi connectivity index (χ1v) is 7.72. The van der Waals surface area contributed by atoms with E-state index in [0.717, 1.165) is 13.9 Å². The number of benzene rings is 1. The lowest BCUT2D eigenvalue weighted by atomic mass is 10.1. The van der Waals surface area contributed by atoms with Crippen molar-refractivity contribution in [3.05, 3.63) is 49.0 Å². The van der Waals surface area contributed by atoms with Crippen LogP contribution in [-0.4, -0.2) is 0 Å². The summed E-state index contributed by atoms with van der Waals surface area (Å²) >= 11 is 8.52. The Morgan fingerprint density at radius 3 is 2.67 bits per heavy atom. The molecule has 1 heterocycles. The lowest BCUT2D eigenvalue weighted by molar-refractivity contribution is 0.907. The zero-order chi connectivity index (χ0) is 13.1. The molecule has 1 aromatic carbocycles. The van der Waals surface area contributed by atoms with E-state index in [1.54, 1.807) is 11.3 Å². The van der Waals surface area contributed by atoms with Gasteiger partial charge in [0.1, 0.15) is 6.07 Å². The quantitative estimate of drug-likeness (QED) is 0.776. The normalized spacial score (nSPS) is 11.9. The number of halogens is 2. The number of nitriles is 1. The average Bonchev–Trinajstić information content (AvgIpc) is 2.78. The van der Waals surface area contributed by atoms with E-state index in [-0.39, 0.29) is 6.04 Å². The van der Waals surface area contributed by atoms with Crippen LogP contribution < -0.4 is 5.32 Å². The topological polar surface area (TPSA) is 35.8 Å². The van der Waals surface area contributed by atoms with E-state index >= 15 is 0 Å². The van der Waals surface area contributed by atoms with Gasteiger partial charge in [-0.2, -0.15) is 5.26 Å². The molecular weight excluding hydrogens is 376 g/mol. The summed E-state index contributed by atoms with van der Waals surface area (Å²) < 4.78 is 2.03. The summed E-state index contributed by atoms with van der Waals surface area (Å²) in [6.45, 7) is 2.08. The van der Waals surface area contributed by atoms with Crippen LogP contribution in [0.4, 0.5) is 5.69 Å². The van der Waals surface area contributed by atoms with Crippen molar-refractivity contribution in [1.82, 2.24) is 0 Å². The Bertz CT molecular complexity index is 601. The molecule has 0 saturated carbocycles. The summed E-state index contributed by atoms with van der Waals surface area (Å²) in [6.07, 6.45) is 0. The summed E-state index contributed by atoms with van der Waals surface area (Å²) in [7, 11) is 0. The van der Waals surface area contributed by atoms with E-state index in [4.69, 9.17) is 5.26 Å². The van der Waals surface area contributed by atoms with Crippen molar-refractivity contribution in [1.29, 1.82) is 5.26 Å². The molecule has 92 valence electrons. The second-order valence-electron chi connectivity index (χ2n) is 3.81. The highest BCUT2D eigenvalue weighted by molar-refractivity contribution is 9.11. The summed E-state index contributed by atoms with van der Waals surface area (Å²) in [6, 6.07) is 12.2. The lowest BCUT2D eigenvalue weighted by Crippen LogP contribution is -2.06. The first kappa shape index (κ1) is 13.6. The maximum Gasteiger partial charge on any atom is 0.101 e. The highest BCUT2D eigenvalue weighted by Crippen LogP contribution is 2.30. The van der Waals surface area contributed by atoms with Gasteiger partial charge in [0.25, 0.3) is 0 Å². The molecule has 0 spiro atoms. The third-order valence-corrected chi connectivity index (χ3v) is 4.79. The summed E-state index contributed by atoms with van der Waals surface area (Å²) in [5.41, 5.74) is 1.50. The van der Waals surface area contributed by atoms with Crippen molar-refractivity contribution >= 4 is 48.9 Å². The van der Waals surface area contributed by atoms with Crippen LogP contribution in [0.1, 0.15) is 23.4 Å². The van der Waals surface area contributed by atoms with E-state index < -0.39 is 0 Å². The molecule has 0 radical (unpaired) electrons. The highest BCUT2D eigenvalue weighted by Gasteiger charge is 2.10. The van der Waals surface area contributed by atoms with Crippen molar-refractivity contribution in [3.63, 3.8) is 0 Å². The SMILES string of the molecule is CC(Nc1ccc(Br)cc1C#N)c1ccc(Br)s1. The first-order chi connectivity index (χ1) is 8.60. The molecule has 0 aliphatic carbocycles. The third-order valence-electron chi connectivity index (χ3n) is 2.49. The fourth-order valence-electron chi connectivity index (χ4n) is 1.60. The second-order valence-corrected chi connectivity index (χ2v) is 7.22. The van der Waals surface area contributed by atoms with Crippen molar-refractivity contribution in [3.8, 4) is 6.07 Å². The number of rotatable bonds is 3. The Balaban J connectivity index is 2.22. The largest absolute Gasteiger partial charge is 0.377 e. The summed E-state index contributed by atoms with van der Waals surface area (Å²) in [4.78, 5) is 1.23. The molecule has 1 aromatic heterocycles.